The highest BCUT2D eigenvalue weighted by atomic mass is 32.1. The molecule has 20 heteroatoms. The quantitative estimate of drug-likeness (QED) is 0.0804. The third-order valence-electron chi connectivity index (χ3n) is 14.2. The zero-order chi connectivity index (χ0) is 49.6. The van der Waals surface area contributed by atoms with E-state index in [1.54, 1.807) is 37.7 Å². The van der Waals surface area contributed by atoms with E-state index in [1.807, 2.05) is 60.7 Å². The zero-order valence-electron chi connectivity index (χ0n) is 40.7. The molecule has 2 aromatic heterocycles. The molecule has 8 rings (SSSR count). The fraction of sp³-hybridized carbons (Fsp3) is 0.560. The number of likely N-dealkylation sites (tertiary alicyclic amines) is 2. The zero-order valence-corrected chi connectivity index (χ0v) is 42.3. The number of benzene rings is 2. The molecular weight excluding hydrogens is 929 g/mol. The Morgan fingerprint density at radius 3 is 1.26 bits per heavy atom. The van der Waals surface area contributed by atoms with E-state index in [9.17, 15) is 28.8 Å². The Kier molecular flexibility index (Phi) is 18.9. The van der Waals surface area contributed by atoms with Gasteiger partial charge >= 0.3 is 0 Å². The Balaban J connectivity index is 0.000000206. The summed E-state index contributed by atoms with van der Waals surface area (Å²) in [5.41, 5.74) is 2.98. The Morgan fingerprint density at radius 1 is 0.529 bits per heavy atom. The van der Waals surface area contributed by atoms with Gasteiger partial charge in [0.25, 0.3) is 0 Å². The van der Waals surface area contributed by atoms with E-state index in [-0.39, 0.29) is 47.3 Å². The number of rotatable bonds is 16. The second-order valence-electron chi connectivity index (χ2n) is 18.8. The molecule has 4 aliphatic rings. The standard InChI is InChI=1S/2C25H34N6O3S/c2*1-16(26-2)22(32)27-21(18-12-7-4-8-13-18)25(34)31-15-9-14-19(31)23(33)28-24-20(29-30-35-24)17-10-5-3-6-11-17/h2*3,5-6,10-11,16,18-19,21,26H,4,7-9,12-15H2,1-2H3,(H,27,32)(H,28,33)/t16-,19+,21-;16-,19-,21+/m01/s1. The average Bonchev–Trinajstić information content (AvgIpc) is 4.26. The number of aromatic nitrogens is 4. The average molecular weight is 997 g/mol. The summed E-state index contributed by atoms with van der Waals surface area (Å²) >= 11 is 2.25. The van der Waals surface area contributed by atoms with Crippen LogP contribution in [-0.2, 0) is 28.8 Å². The lowest BCUT2D eigenvalue weighted by Crippen LogP contribution is -2.57. The molecule has 2 aliphatic carbocycles. The first-order valence-corrected chi connectivity index (χ1v) is 26.5. The van der Waals surface area contributed by atoms with E-state index in [4.69, 9.17) is 0 Å². The number of hydrogen-bond acceptors (Lipinski definition) is 14. The van der Waals surface area contributed by atoms with Crippen LogP contribution in [0.15, 0.2) is 60.7 Å². The molecule has 2 saturated heterocycles. The Morgan fingerprint density at radius 2 is 0.900 bits per heavy atom. The minimum atomic E-state index is -0.614. The summed E-state index contributed by atoms with van der Waals surface area (Å²) in [6.07, 6.45) is 12.8. The number of nitrogens with one attached hydrogen (secondary N) is 6. The van der Waals surface area contributed by atoms with Crippen molar-refractivity contribution >= 4 is 68.5 Å². The van der Waals surface area contributed by atoms with Gasteiger partial charge in [-0.05, 0) is 91.1 Å². The van der Waals surface area contributed by atoms with E-state index < -0.39 is 36.3 Å². The molecule has 2 aliphatic heterocycles. The van der Waals surface area contributed by atoms with Crippen molar-refractivity contribution in [3.8, 4) is 22.5 Å². The first-order chi connectivity index (χ1) is 34.0. The molecule has 4 fully saturated rings. The predicted molar refractivity (Wildman–Crippen MR) is 271 cm³/mol. The largest absolute Gasteiger partial charge is 0.343 e. The molecule has 18 nitrogen and oxygen atoms in total. The lowest BCUT2D eigenvalue weighted by molar-refractivity contribution is -0.142. The molecule has 0 spiro atoms. The molecule has 0 radical (unpaired) electrons. The highest BCUT2D eigenvalue weighted by Gasteiger charge is 2.43. The fourth-order valence-corrected chi connectivity index (χ4v) is 11.2. The molecule has 6 amide bonds. The van der Waals surface area contributed by atoms with Crippen molar-refractivity contribution in [3.63, 3.8) is 0 Å². The van der Waals surface area contributed by atoms with Crippen molar-refractivity contribution in [1.82, 2.24) is 50.2 Å². The number of carbonyl (C=O) groups excluding carboxylic acids is 6. The normalized spacial score (nSPS) is 20.3. The van der Waals surface area contributed by atoms with Crippen LogP contribution < -0.4 is 31.9 Å². The van der Waals surface area contributed by atoms with E-state index in [0.717, 1.165) is 111 Å². The number of nitrogens with zero attached hydrogens (tertiary/aromatic N) is 6. The van der Waals surface area contributed by atoms with Crippen molar-refractivity contribution in [2.75, 3.05) is 37.8 Å². The first kappa shape index (κ1) is 52.1. The third-order valence-corrected chi connectivity index (χ3v) is 15.5. The van der Waals surface area contributed by atoms with Crippen molar-refractivity contribution < 1.29 is 28.8 Å². The monoisotopic (exact) mass is 996 g/mol. The van der Waals surface area contributed by atoms with Crippen LogP contribution >= 0.6 is 23.1 Å². The van der Waals surface area contributed by atoms with E-state index in [1.165, 1.54) is 0 Å². The molecule has 0 bridgehead atoms. The van der Waals surface area contributed by atoms with Crippen molar-refractivity contribution in [2.24, 2.45) is 11.8 Å². The van der Waals surface area contributed by atoms with Gasteiger partial charge in [0.05, 0.1) is 12.1 Å². The summed E-state index contributed by atoms with van der Waals surface area (Å²) in [4.78, 5) is 83.0. The van der Waals surface area contributed by atoms with E-state index in [2.05, 4.69) is 51.1 Å². The SMILES string of the molecule is CN[C@@H](C)C(=O)N[C@H](C(=O)N1CCC[C@@H]1C(=O)Nc1snnc1-c1ccccc1)C1CCCCC1.CN[C@H](C)C(=O)N[C@H](C(=O)N1CCC[C@@H]1C(=O)Nc1snnc1-c1ccccc1)C1CCCCC1. The third kappa shape index (κ3) is 13.0. The van der Waals surface area contributed by atoms with Crippen LogP contribution in [0.1, 0.15) is 104 Å². The summed E-state index contributed by atoms with van der Waals surface area (Å²) in [5, 5.41) is 27.3. The highest BCUT2D eigenvalue weighted by Crippen LogP contribution is 2.34. The van der Waals surface area contributed by atoms with Gasteiger partial charge in [0.2, 0.25) is 35.4 Å². The topological polar surface area (TPSA) is 233 Å². The van der Waals surface area contributed by atoms with Crippen molar-refractivity contribution in [3.05, 3.63) is 60.7 Å². The van der Waals surface area contributed by atoms with Crippen molar-refractivity contribution in [2.45, 2.75) is 140 Å². The Labute approximate surface area is 418 Å². The lowest BCUT2D eigenvalue weighted by atomic mass is 9.83. The van der Waals surface area contributed by atoms with Gasteiger partial charge < -0.3 is 41.7 Å². The molecule has 6 N–H and O–H groups in total. The number of likely N-dealkylation sites (N-methyl/N-ethyl adjacent to an activating group) is 2. The van der Waals surface area contributed by atoms with E-state index in [0.29, 0.717) is 47.3 Å². The van der Waals surface area contributed by atoms with Crippen LogP contribution in [0.3, 0.4) is 0 Å². The van der Waals surface area contributed by atoms with Gasteiger partial charge in [0, 0.05) is 47.3 Å². The Bertz CT molecular complexity index is 2210. The Hall–Kier alpha value is -5.70. The molecule has 2 saturated carbocycles. The maximum atomic E-state index is 13.8. The molecule has 4 aromatic rings. The van der Waals surface area contributed by atoms with Crippen LogP contribution in [0, 0.1) is 11.8 Å². The maximum absolute atomic E-state index is 13.8. The molecule has 6 atom stereocenters. The van der Waals surface area contributed by atoms with Crippen LogP contribution in [0.25, 0.3) is 22.5 Å². The minimum Gasteiger partial charge on any atom is -0.343 e. The molecule has 376 valence electrons. The summed E-state index contributed by atoms with van der Waals surface area (Å²) in [5.74, 6) is -1.01. The van der Waals surface area contributed by atoms with Gasteiger partial charge in [-0.2, -0.15) is 0 Å². The van der Waals surface area contributed by atoms with Gasteiger partial charge in [-0.25, -0.2) is 0 Å². The number of amides is 6. The number of anilines is 2. The molecule has 0 unspecified atom stereocenters. The van der Waals surface area contributed by atoms with Crippen LogP contribution in [0.4, 0.5) is 10.0 Å². The second-order valence-corrected chi connectivity index (χ2v) is 20.3. The first-order valence-electron chi connectivity index (χ1n) is 24.9. The fourth-order valence-electron chi connectivity index (χ4n) is 9.99. The lowest BCUT2D eigenvalue weighted by Gasteiger charge is -2.35. The summed E-state index contributed by atoms with van der Waals surface area (Å²) < 4.78 is 8.04. The molecular formula is C50H68N12O6S2. The molecule has 2 aromatic carbocycles. The van der Waals surface area contributed by atoms with Gasteiger partial charge in [0.15, 0.2) is 0 Å². The maximum Gasteiger partial charge on any atom is 0.247 e. The smallest absolute Gasteiger partial charge is 0.247 e. The van der Waals surface area contributed by atoms with Gasteiger partial charge in [-0.3, -0.25) is 28.8 Å². The number of hydrogen-bond donors (Lipinski definition) is 6. The minimum absolute atomic E-state index is 0.0870. The predicted octanol–water partition coefficient (Wildman–Crippen LogP) is 5.62. The van der Waals surface area contributed by atoms with Gasteiger partial charge in [-0.15, -0.1) is 10.2 Å². The van der Waals surface area contributed by atoms with Gasteiger partial charge in [-0.1, -0.05) is 108 Å². The summed E-state index contributed by atoms with van der Waals surface area (Å²) in [6, 6.07) is 15.9. The summed E-state index contributed by atoms with van der Waals surface area (Å²) in [6.45, 7) is 4.56. The van der Waals surface area contributed by atoms with Crippen molar-refractivity contribution in [1.29, 1.82) is 0 Å². The second kappa shape index (κ2) is 25.4. The number of carbonyl (C=O) groups is 6. The van der Waals surface area contributed by atoms with Crippen LogP contribution in [0.2, 0.25) is 0 Å². The summed E-state index contributed by atoms with van der Waals surface area (Å²) in [7, 11) is 3.45. The highest BCUT2D eigenvalue weighted by molar-refractivity contribution is 7.11. The van der Waals surface area contributed by atoms with Crippen LogP contribution in [-0.4, -0.2) is 128 Å². The van der Waals surface area contributed by atoms with Crippen LogP contribution in [0.5, 0.6) is 0 Å². The molecule has 70 heavy (non-hydrogen) atoms. The van der Waals surface area contributed by atoms with Gasteiger partial charge in [0.1, 0.15) is 45.6 Å². The van der Waals surface area contributed by atoms with E-state index >= 15 is 0 Å². The molecule has 4 heterocycles.